The van der Waals surface area contributed by atoms with Crippen LogP contribution in [0.15, 0.2) is 22.7 Å². The zero-order valence-electron chi connectivity index (χ0n) is 10.1. The number of methoxy groups -OCH3 is 1. The van der Waals surface area contributed by atoms with E-state index in [0.717, 1.165) is 19.3 Å². The van der Waals surface area contributed by atoms with E-state index in [1.807, 2.05) is 0 Å². The Bertz CT molecular complexity index is 453. The Morgan fingerprint density at radius 3 is 2.89 bits per heavy atom. The molecule has 2 rings (SSSR count). The van der Waals surface area contributed by atoms with Crippen molar-refractivity contribution in [1.29, 1.82) is 0 Å². The second-order valence-electron chi connectivity index (χ2n) is 4.47. The van der Waals surface area contributed by atoms with Gasteiger partial charge in [0.25, 0.3) is 5.91 Å². The first kappa shape index (κ1) is 13.5. The molecule has 0 radical (unpaired) electrons. The van der Waals surface area contributed by atoms with Crippen LogP contribution in [0.3, 0.4) is 0 Å². The van der Waals surface area contributed by atoms with Gasteiger partial charge in [0.15, 0.2) is 0 Å². The standard InChI is InChI=1S/C13H15BrFNO2/c1-18-10-4-3-9(7-10)16-13(17)8-2-5-12(15)11(14)6-8/h2,5-6,9-10H,3-4,7H2,1H3,(H,16,17). The number of carbonyl (C=O) groups is 1. The van der Waals surface area contributed by atoms with Gasteiger partial charge in [0.05, 0.1) is 10.6 Å². The van der Waals surface area contributed by atoms with Crippen LogP contribution in [0, 0.1) is 5.82 Å². The van der Waals surface area contributed by atoms with Crippen molar-refractivity contribution < 1.29 is 13.9 Å². The van der Waals surface area contributed by atoms with Crippen molar-refractivity contribution >= 4 is 21.8 Å². The number of carbonyl (C=O) groups excluding carboxylic acids is 1. The van der Waals surface area contributed by atoms with Gasteiger partial charge in [-0.15, -0.1) is 0 Å². The molecule has 1 aliphatic rings. The molecule has 2 atom stereocenters. The maximum atomic E-state index is 13.1. The number of hydrogen-bond acceptors (Lipinski definition) is 2. The van der Waals surface area contributed by atoms with Gasteiger partial charge < -0.3 is 10.1 Å². The second kappa shape index (κ2) is 5.80. The van der Waals surface area contributed by atoms with Gasteiger partial charge in [-0.05, 0) is 53.4 Å². The Morgan fingerprint density at radius 2 is 2.28 bits per heavy atom. The lowest BCUT2D eigenvalue weighted by Crippen LogP contribution is -2.33. The largest absolute Gasteiger partial charge is 0.381 e. The number of ether oxygens (including phenoxy) is 1. The maximum absolute atomic E-state index is 13.1. The van der Waals surface area contributed by atoms with E-state index in [4.69, 9.17) is 4.74 Å². The first-order valence-corrected chi connectivity index (χ1v) is 6.68. The van der Waals surface area contributed by atoms with Crippen LogP contribution in [0.1, 0.15) is 29.6 Å². The maximum Gasteiger partial charge on any atom is 0.251 e. The number of halogens is 2. The fourth-order valence-corrected chi connectivity index (χ4v) is 2.57. The topological polar surface area (TPSA) is 38.3 Å². The minimum Gasteiger partial charge on any atom is -0.381 e. The highest BCUT2D eigenvalue weighted by Crippen LogP contribution is 2.22. The van der Waals surface area contributed by atoms with Gasteiger partial charge in [-0.1, -0.05) is 0 Å². The minimum absolute atomic E-state index is 0.145. The monoisotopic (exact) mass is 315 g/mol. The highest BCUT2D eigenvalue weighted by molar-refractivity contribution is 9.10. The summed E-state index contributed by atoms with van der Waals surface area (Å²) in [6.07, 6.45) is 2.96. The smallest absolute Gasteiger partial charge is 0.251 e. The lowest BCUT2D eigenvalue weighted by molar-refractivity contribution is 0.0915. The van der Waals surface area contributed by atoms with E-state index in [1.165, 1.54) is 18.2 Å². The Kier molecular flexibility index (Phi) is 4.35. The van der Waals surface area contributed by atoms with Crippen LogP contribution in [0.2, 0.25) is 0 Å². The quantitative estimate of drug-likeness (QED) is 0.931. The molecule has 0 aromatic heterocycles. The minimum atomic E-state index is -0.369. The molecule has 1 aromatic rings. The third-order valence-electron chi connectivity index (χ3n) is 3.23. The third-order valence-corrected chi connectivity index (χ3v) is 3.84. The molecule has 98 valence electrons. The van der Waals surface area contributed by atoms with E-state index in [0.29, 0.717) is 10.0 Å². The summed E-state index contributed by atoms with van der Waals surface area (Å²) in [4.78, 5) is 12.0. The molecule has 5 heteroatoms. The summed E-state index contributed by atoms with van der Waals surface area (Å²) in [7, 11) is 1.69. The molecule has 0 bridgehead atoms. The van der Waals surface area contributed by atoms with Crippen LogP contribution in [0.5, 0.6) is 0 Å². The average Bonchev–Trinajstić information content (AvgIpc) is 2.80. The summed E-state index contributed by atoms with van der Waals surface area (Å²) in [5.74, 6) is -0.538. The Morgan fingerprint density at radius 1 is 1.50 bits per heavy atom. The summed E-state index contributed by atoms with van der Waals surface area (Å²) in [5, 5.41) is 2.94. The number of hydrogen-bond donors (Lipinski definition) is 1. The highest BCUT2D eigenvalue weighted by atomic mass is 79.9. The first-order chi connectivity index (χ1) is 8.60. The predicted octanol–water partition coefficient (Wildman–Crippen LogP) is 2.89. The molecule has 1 aromatic carbocycles. The normalized spacial score (nSPS) is 23.1. The zero-order chi connectivity index (χ0) is 13.1. The van der Waals surface area contributed by atoms with Crippen LogP contribution in [-0.2, 0) is 4.74 Å². The van der Waals surface area contributed by atoms with Crippen LogP contribution in [0.4, 0.5) is 4.39 Å². The number of benzene rings is 1. The Hall–Kier alpha value is -0.940. The van der Waals surface area contributed by atoms with Crippen molar-refractivity contribution in [3.05, 3.63) is 34.1 Å². The SMILES string of the molecule is COC1CCC(NC(=O)c2ccc(F)c(Br)c2)C1. The molecule has 18 heavy (non-hydrogen) atoms. The molecular weight excluding hydrogens is 301 g/mol. The van der Waals surface area contributed by atoms with Gasteiger partial charge in [-0.3, -0.25) is 4.79 Å². The Labute approximate surface area is 114 Å². The number of rotatable bonds is 3. The lowest BCUT2D eigenvalue weighted by Gasteiger charge is -2.13. The van der Waals surface area contributed by atoms with E-state index in [2.05, 4.69) is 21.2 Å². The lowest BCUT2D eigenvalue weighted by atomic mass is 10.2. The predicted molar refractivity (Wildman–Crippen MR) is 70.0 cm³/mol. The molecule has 1 N–H and O–H groups in total. The van der Waals surface area contributed by atoms with Crippen molar-refractivity contribution in [1.82, 2.24) is 5.32 Å². The summed E-state index contributed by atoms with van der Waals surface area (Å²) in [6, 6.07) is 4.41. The summed E-state index contributed by atoms with van der Waals surface area (Å²) in [6.45, 7) is 0. The highest BCUT2D eigenvalue weighted by Gasteiger charge is 2.25. The van der Waals surface area contributed by atoms with Gasteiger partial charge in [0.2, 0.25) is 0 Å². The molecule has 0 aliphatic heterocycles. The van der Waals surface area contributed by atoms with Crippen LogP contribution < -0.4 is 5.32 Å². The van der Waals surface area contributed by atoms with Crippen molar-refractivity contribution in [2.24, 2.45) is 0 Å². The Balaban J connectivity index is 1.97. The van der Waals surface area contributed by atoms with Gasteiger partial charge in [0.1, 0.15) is 5.82 Å². The molecule has 0 heterocycles. The molecule has 3 nitrogen and oxygen atoms in total. The molecule has 1 fully saturated rings. The summed E-state index contributed by atoms with van der Waals surface area (Å²) in [5.41, 5.74) is 0.462. The van der Waals surface area contributed by atoms with E-state index in [-0.39, 0.29) is 23.9 Å². The van der Waals surface area contributed by atoms with Crippen molar-refractivity contribution in [3.63, 3.8) is 0 Å². The molecule has 0 saturated heterocycles. The molecule has 1 aliphatic carbocycles. The molecular formula is C13H15BrFNO2. The fourth-order valence-electron chi connectivity index (χ4n) is 2.19. The molecule has 1 amide bonds. The molecule has 0 spiro atoms. The average molecular weight is 316 g/mol. The second-order valence-corrected chi connectivity index (χ2v) is 5.32. The van der Waals surface area contributed by atoms with Gasteiger partial charge in [0, 0.05) is 18.7 Å². The number of amides is 1. The zero-order valence-corrected chi connectivity index (χ0v) is 11.7. The first-order valence-electron chi connectivity index (χ1n) is 5.89. The molecule has 2 unspecified atom stereocenters. The fraction of sp³-hybridized carbons (Fsp3) is 0.462. The van der Waals surface area contributed by atoms with Crippen molar-refractivity contribution in [3.8, 4) is 0 Å². The van der Waals surface area contributed by atoms with E-state index in [1.54, 1.807) is 7.11 Å². The number of nitrogens with one attached hydrogen (secondary N) is 1. The van der Waals surface area contributed by atoms with E-state index < -0.39 is 0 Å². The van der Waals surface area contributed by atoms with Gasteiger partial charge >= 0.3 is 0 Å². The van der Waals surface area contributed by atoms with E-state index in [9.17, 15) is 9.18 Å². The van der Waals surface area contributed by atoms with Gasteiger partial charge in [-0.25, -0.2) is 4.39 Å². The third kappa shape index (κ3) is 3.09. The molecule has 1 saturated carbocycles. The van der Waals surface area contributed by atoms with E-state index >= 15 is 0 Å². The van der Waals surface area contributed by atoms with Crippen LogP contribution in [0.25, 0.3) is 0 Å². The van der Waals surface area contributed by atoms with Crippen LogP contribution in [-0.4, -0.2) is 25.2 Å². The van der Waals surface area contributed by atoms with Crippen molar-refractivity contribution in [2.75, 3.05) is 7.11 Å². The van der Waals surface area contributed by atoms with Crippen molar-refractivity contribution in [2.45, 2.75) is 31.4 Å². The van der Waals surface area contributed by atoms with Crippen LogP contribution >= 0.6 is 15.9 Å². The summed E-state index contributed by atoms with van der Waals surface area (Å²) >= 11 is 3.07. The summed E-state index contributed by atoms with van der Waals surface area (Å²) < 4.78 is 18.6. The van der Waals surface area contributed by atoms with Gasteiger partial charge in [-0.2, -0.15) is 0 Å².